The Kier molecular flexibility index (Phi) is 8.62. The molecule has 1 atom stereocenters. The standard InChI is InChI=1S/C29H31F4N5O6/c1-16(2)22(34-23(39)20-15-17(29(31,32)33)5-10-21(20)30)24(40)37-13-11-28(12-14-37)25(41)36(4)26(42)38(28)19-8-6-18(7-9-19)35(3)27(43)44/h5-10,15-16,22H,11-14H2,1-4H3,(H,34,39)(H,43,44). The summed E-state index contributed by atoms with van der Waals surface area (Å²) in [6.07, 6.45) is -5.93. The Labute approximate surface area is 250 Å². The molecule has 0 radical (unpaired) electrons. The van der Waals surface area contributed by atoms with Gasteiger partial charge in [-0.05, 0) is 61.2 Å². The number of alkyl halides is 3. The van der Waals surface area contributed by atoms with Crippen LogP contribution in [-0.4, -0.2) is 83.5 Å². The van der Waals surface area contributed by atoms with Gasteiger partial charge in [-0.3, -0.25) is 29.1 Å². The number of urea groups is 1. The van der Waals surface area contributed by atoms with Crippen LogP contribution in [0.2, 0.25) is 0 Å². The highest BCUT2D eigenvalue weighted by Crippen LogP contribution is 2.41. The number of amides is 6. The number of benzene rings is 2. The summed E-state index contributed by atoms with van der Waals surface area (Å²) in [6.45, 7) is 3.22. The Morgan fingerprint density at radius 2 is 1.61 bits per heavy atom. The van der Waals surface area contributed by atoms with Crippen LogP contribution in [0.4, 0.5) is 38.5 Å². The van der Waals surface area contributed by atoms with E-state index in [2.05, 4.69) is 5.32 Å². The van der Waals surface area contributed by atoms with Gasteiger partial charge >= 0.3 is 18.3 Å². The predicted molar refractivity (Wildman–Crippen MR) is 150 cm³/mol. The van der Waals surface area contributed by atoms with Gasteiger partial charge in [0.1, 0.15) is 17.4 Å². The maximum atomic E-state index is 14.3. The zero-order chi connectivity index (χ0) is 32.7. The molecule has 2 aromatic rings. The summed E-state index contributed by atoms with van der Waals surface area (Å²) >= 11 is 0. The molecule has 15 heteroatoms. The zero-order valence-electron chi connectivity index (χ0n) is 24.3. The van der Waals surface area contributed by atoms with Gasteiger partial charge in [0, 0.05) is 38.6 Å². The first-order valence-corrected chi connectivity index (χ1v) is 13.6. The van der Waals surface area contributed by atoms with E-state index in [1.807, 2.05) is 0 Å². The quantitative estimate of drug-likeness (QED) is 0.368. The second kappa shape index (κ2) is 11.8. The molecule has 2 aromatic carbocycles. The summed E-state index contributed by atoms with van der Waals surface area (Å²) in [7, 11) is 2.70. The number of imide groups is 1. The Bertz CT molecular complexity index is 1490. The van der Waals surface area contributed by atoms with E-state index in [1.165, 1.54) is 48.2 Å². The van der Waals surface area contributed by atoms with Crippen LogP contribution in [-0.2, 0) is 15.8 Å². The first-order chi connectivity index (χ1) is 20.5. The lowest BCUT2D eigenvalue weighted by atomic mass is 9.85. The highest BCUT2D eigenvalue weighted by Gasteiger charge is 2.58. The van der Waals surface area contributed by atoms with E-state index < -0.39 is 70.5 Å². The second-order valence-electron chi connectivity index (χ2n) is 11.1. The molecule has 2 heterocycles. The number of halogens is 4. The number of piperidine rings is 1. The van der Waals surface area contributed by atoms with Crippen molar-refractivity contribution in [2.45, 2.75) is 44.4 Å². The van der Waals surface area contributed by atoms with Crippen LogP contribution in [0.1, 0.15) is 42.6 Å². The van der Waals surface area contributed by atoms with Gasteiger partial charge in [-0.25, -0.2) is 14.0 Å². The molecule has 0 aliphatic carbocycles. The van der Waals surface area contributed by atoms with Crippen molar-refractivity contribution in [1.29, 1.82) is 0 Å². The molecule has 2 aliphatic heterocycles. The van der Waals surface area contributed by atoms with Gasteiger partial charge in [0.25, 0.3) is 11.8 Å². The maximum Gasteiger partial charge on any atom is 0.416 e. The largest absolute Gasteiger partial charge is 0.465 e. The topological polar surface area (TPSA) is 131 Å². The minimum Gasteiger partial charge on any atom is -0.465 e. The van der Waals surface area contributed by atoms with Crippen LogP contribution in [0.15, 0.2) is 42.5 Å². The van der Waals surface area contributed by atoms with Crippen LogP contribution in [0.5, 0.6) is 0 Å². The third-order valence-electron chi connectivity index (χ3n) is 8.05. The summed E-state index contributed by atoms with van der Waals surface area (Å²) in [5, 5.41) is 11.6. The van der Waals surface area contributed by atoms with Crippen molar-refractivity contribution < 1.29 is 46.6 Å². The van der Waals surface area contributed by atoms with E-state index in [-0.39, 0.29) is 25.9 Å². The maximum absolute atomic E-state index is 14.3. The van der Waals surface area contributed by atoms with E-state index >= 15 is 0 Å². The normalized spacial score (nSPS) is 17.3. The molecule has 1 spiro atoms. The molecule has 44 heavy (non-hydrogen) atoms. The van der Waals surface area contributed by atoms with Gasteiger partial charge < -0.3 is 15.3 Å². The fourth-order valence-corrected chi connectivity index (χ4v) is 5.46. The fraction of sp³-hybridized carbons (Fsp3) is 0.414. The number of anilines is 2. The van der Waals surface area contributed by atoms with Crippen LogP contribution in [0.25, 0.3) is 0 Å². The molecule has 6 amide bonds. The van der Waals surface area contributed by atoms with Crippen LogP contribution < -0.4 is 15.1 Å². The molecule has 2 aliphatic rings. The molecule has 2 N–H and O–H groups in total. The highest BCUT2D eigenvalue weighted by atomic mass is 19.4. The summed E-state index contributed by atoms with van der Waals surface area (Å²) in [6, 6.07) is 5.66. The van der Waals surface area contributed by atoms with Crippen molar-refractivity contribution >= 4 is 41.2 Å². The number of likely N-dealkylation sites (tertiary alicyclic amines) is 1. The van der Waals surface area contributed by atoms with Crippen molar-refractivity contribution in [3.05, 3.63) is 59.4 Å². The number of carbonyl (C=O) groups is 5. The lowest BCUT2D eigenvalue weighted by molar-refractivity contribution is -0.139. The number of nitrogens with one attached hydrogen (secondary N) is 1. The molecule has 0 saturated carbocycles. The number of nitrogens with zero attached hydrogens (tertiary/aromatic N) is 4. The first kappa shape index (κ1) is 32.2. The lowest BCUT2D eigenvalue weighted by Gasteiger charge is -2.43. The third kappa shape index (κ3) is 5.77. The molecular formula is C29H31F4N5O6. The molecule has 0 aromatic heterocycles. The predicted octanol–water partition coefficient (Wildman–Crippen LogP) is 4.17. The third-order valence-corrected chi connectivity index (χ3v) is 8.05. The smallest absolute Gasteiger partial charge is 0.416 e. The van der Waals surface area contributed by atoms with E-state index in [0.717, 1.165) is 9.80 Å². The highest BCUT2D eigenvalue weighted by molar-refractivity contribution is 6.17. The number of carbonyl (C=O) groups excluding carboxylic acids is 4. The molecule has 2 saturated heterocycles. The average molecular weight is 622 g/mol. The zero-order valence-corrected chi connectivity index (χ0v) is 24.3. The minimum absolute atomic E-state index is 0.000953. The Balaban J connectivity index is 1.53. The summed E-state index contributed by atoms with van der Waals surface area (Å²) in [5.41, 5.74) is -2.71. The molecule has 4 rings (SSSR count). The molecule has 11 nitrogen and oxygen atoms in total. The summed E-state index contributed by atoms with van der Waals surface area (Å²) < 4.78 is 53.8. The van der Waals surface area contributed by atoms with Crippen molar-refractivity contribution in [1.82, 2.24) is 15.1 Å². The SMILES string of the molecule is CC(C)C(NC(=O)c1cc(C(F)(F)F)ccc1F)C(=O)N1CCC2(CC1)C(=O)N(C)C(=O)N2c1ccc(N(C)C(=O)O)cc1. The van der Waals surface area contributed by atoms with Gasteiger partial charge in [0.15, 0.2) is 0 Å². The average Bonchev–Trinajstić information content (AvgIpc) is 3.15. The van der Waals surface area contributed by atoms with Gasteiger partial charge in [0.05, 0.1) is 11.1 Å². The summed E-state index contributed by atoms with van der Waals surface area (Å²) in [4.78, 5) is 69.0. The lowest BCUT2D eigenvalue weighted by Crippen LogP contribution is -2.60. The van der Waals surface area contributed by atoms with Crippen LogP contribution in [0, 0.1) is 11.7 Å². The number of carboxylic acid groups (broad SMARTS) is 1. The first-order valence-electron chi connectivity index (χ1n) is 13.6. The molecule has 0 bridgehead atoms. The van der Waals surface area contributed by atoms with Gasteiger partial charge in [-0.1, -0.05) is 13.8 Å². The van der Waals surface area contributed by atoms with E-state index in [4.69, 9.17) is 0 Å². The van der Waals surface area contributed by atoms with E-state index in [0.29, 0.717) is 29.6 Å². The van der Waals surface area contributed by atoms with E-state index in [9.17, 15) is 46.6 Å². The Morgan fingerprint density at radius 1 is 1.02 bits per heavy atom. The van der Waals surface area contributed by atoms with Crippen molar-refractivity contribution in [3.8, 4) is 0 Å². The van der Waals surface area contributed by atoms with Crippen LogP contribution in [0.3, 0.4) is 0 Å². The van der Waals surface area contributed by atoms with Crippen molar-refractivity contribution in [2.75, 3.05) is 37.0 Å². The Morgan fingerprint density at radius 3 is 2.14 bits per heavy atom. The molecular weight excluding hydrogens is 590 g/mol. The second-order valence-corrected chi connectivity index (χ2v) is 11.1. The summed E-state index contributed by atoms with van der Waals surface area (Å²) in [5.74, 6) is -3.95. The number of likely N-dealkylation sites (N-methyl/N-ethyl adjacent to an activating group) is 1. The van der Waals surface area contributed by atoms with Crippen LogP contribution >= 0.6 is 0 Å². The molecule has 236 valence electrons. The number of hydrogen-bond acceptors (Lipinski definition) is 5. The van der Waals surface area contributed by atoms with E-state index in [1.54, 1.807) is 13.8 Å². The number of hydrogen-bond donors (Lipinski definition) is 2. The van der Waals surface area contributed by atoms with Gasteiger partial charge in [0.2, 0.25) is 5.91 Å². The number of rotatable bonds is 6. The minimum atomic E-state index is -4.81. The molecule has 2 fully saturated rings. The van der Waals surface area contributed by atoms with Crippen molar-refractivity contribution in [2.24, 2.45) is 5.92 Å². The fourth-order valence-electron chi connectivity index (χ4n) is 5.46. The Hall–Kier alpha value is -4.69. The monoisotopic (exact) mass is 621 g/mol. The van der Waals surface area contributed by atoms with Gasteiger partial charge in [-0.2, -0.15) is 13.2 Å². The molecule has 1 unspecified atom stereocenters. The van der Waals surface area contributed by atoms with Crippen molar-refractivity contribution in [3.63, 3.8) is 0 Å². The van der Waals surface area contributed by atoms with Gasteiger partial charge in [-0.15, -0.1) is 0 Å².